The van der Waals surface area contributed by atoms with E-state index in [0.717, 1.165) is 11.1 Å². The summed E-state index contributed by atoms with van der Waals surface area (Å²) in [6.07, 6.45) is 0.893. The van der Waals surface area contributed by atoms with Crippen molar-refractivity contribution in [1.29, 1.82) is 0 Å². The summed E-state index contributed by atoms with van der Waals surface area (Å²) in [4.78, 5) is 17.8. The van der Waals surface area contributed by atoms with Gasteiger partial charge in [-0.25, -0.2) is 9.78 Å². The molecule has 2 aliphatic heterocycles. The van der Waals surface area contributed by atoms with Crippen molar-refractivity contribution >= 4 is 17.5 Å². The van der Waals surface area contributed by atoms with Crippen molar-refractivity contribution in [3.05, 3.63) is 64.6 Å². The minimum atomic E-state index is -1.16. The Kier molecular flexibility index (Phi) is 6.81. The largest absolute Gasteiger partial charge is 0.497 e. The zero-order valence-electron chi connectivity index (χ0n) is 20.8. The number of hydrogen-bond donors (Lipinski definition) is 6. The molecule has 1 aromatic heterocycles. The number of carboxylic acid groups (broad SMARTS) is 1. The second-order valence-corrected chi connectivity index (χ2v) is 9.09. The van der Waals surface area contributed by atoms with E-state index in [-0.39, 0.29) is 11.3 Å². The van der Waals surface area contributed by atoms with Gasteiger partial charge in [-0.3, -0.25) is 5.32 Å². The maximum Gasteiger partial charge on any atom is 0.339 e. The number of carbonyl (C=O) groups is 1. The molecule has 0 amide bonds. The van der Waals surface area contributed by atoms with Crippen molar-refractivity contribution in [3.8, 4) is 11.5 Å². The number of fused-ring (bicyclic) bond motifs is 1. The van der Waals surface area contributed by atoms with Crippen LogP contribution in [0.1, 0.15) is 36.7 Å². The predicted octanol–water partition coefficient (Wildman–Crippen LogP) is 2.27. The SMILES string of the molecule is COc1ccc(CNc2cc(NC3=CC(C)=C4C(O)NC(C)(C)N4C3O)c(C(=O)O)cn2)c(OC)c1. The Morgan fingerprint density at radius 1 is 1.22 bits per heavy atom. The molecule has 0 bridgehead atoms. The minimum absolute atomic E-state index is 0.0538. The number of benzene rings is 1. The minimum Gasteiger partial charge on any atom is -0.497 e. The molecule has 1 saturated heterocycles. The summed E-state index contributed by atoms with van der Waals surface area (Å²) < 4.78 is 10.7. The van der Waals surface area contributed by atoms with E-state index in [1.165, 1.54) is 6.20 Å². The van der Waals surface area contributed by atoms with Crippen LogP contribution in [-0.4, -0.2) is 63.5 Å². The van der Waals surface area contributed by atoms with E-state index in [1.807, 2.05) is 32.9 Å². The molecule has 2 aromatic rings. The average molecular weight is 498 g/mol. The molecule has 0 saturated carbocycles. The molecule has 3 heterocycles. The van der Waals surface area contributed by atoms with Gasteiger partial charge >= 0.3 is 5.97 Å². The highest BCUT2D eigenvalue weighted by Crippen LogP contribution is 2.38. The first-order valence-corrected chi connectivity index (χ1v) is 11.4. The Morgan fingerprint density at radius 2 is 1.97 bits per heavy atom. The molecule has 4 rings (SSSR count). The average Bonchev–Trinajstić information content (AvgIpc) is 3.09. The molecule has 2 atom stereocenters. The van der Waals surface area contributed by atoms with Crippen LogP contribution in [0.3, 0.4) is 0 Å². The molecular formula is C25H31N5O6. The van der Waals surface area contributed by atoms with Gasteiger partial charge in [-0.05, 0) is 44.6 Å². The lowest BCUT2D eigenvalue weighted by Gasteiger charge is -2.41. The van der Waals surface area contributed by atoms with Gasteiger partial charge in [0.15, 0.2) is 6.23 Å². The number of nitrogens with zero attached hydrogens (tertiary/aromatic N) is 2. The van der Waals surface area contributed by atoms with E-state index in [0.29, 0.717) is 35.3 Å². The molecule has 11 nitrogen and oxygen atoms in total. The van der Waals surface area contributed by atoms with Gasteiger partial charge in [0.1, 0.15) is 29.1 Å². The van der Waals surface area contributed by atoms with Crippen LogP contribution in [-0.2, 0) is 6.54 Å². The van der Waals surface area contributed by atoms with Gasteiger partial charge in [-0.1, -0.05) is 0 Å². The number of pyridine rings is 1. The monoisotopic (exact) mass is 497 g/mol. The Balaban J connectivity index is 1.61. The van der Waals surface area contributed by atoms with Crippen LogP contribution < -0.4 is 25.4 Å². The lowest BCUT2D eigenvalue weighted by atomic mass is 10.0. The maximum absolute atomic E-state index is 11.9. The highest BCUT2D eigenvalue weighted by molar-refractivity contribution is 5.94. The van der Waals surface area contributed by atoms with E-state index in [4.69, 9.17) is 9.47 Å². The standard InChI is InChI=1S/C25H31N5O6/c1-13-8-18(23(32)30-21(13)22(31)29-25(30,2)3)28-17-10-20(27-12-16(17)24(33)34)26-11-14-6-7-15(35-4)9-19(14)36-5/h6-10,12,22-23,29,31-32H,11H2,1-5H3,(H,33,34)(H2,26,27,28). The van der Waals surface area contributed by atoms with Crippen LogP contribution in [0.5, 0.6) is 11.5 Å². The third-order valence-corrected chi connectivity index (χ3v) is 6.28. The molecule has 1 fully saturated rings. The van der Waals surface area contributed by atoms with Gasteiger partial charge in [-0.2, -0.15) is 0 Å². The predicted molar refractivity (Wildman–Crippen MR) is 134 cm³/mol. The van der Waals surface area contributed by atoms with Crippen molar-refractivity contribution in [3.63, 3.8) is 0 Å². The highest BCUT2D eigenvalue weighted by atomic mass is 16.5. The number of hydrogen-bond acceptors (Lipinski definition) is 10. The van der Waals surface area contributed by atoms with Crippen LogP contribution in [0, 0.1) is 0 Å². The number of aliphatic hydroxyl groups is 2. The summed E-state index contributed by atoms with van der Waals surface area (Å²) in [5.41, 5.74) is 2.02. The fourth-order valence-corrected chi connectivity index (χ4v) is 4.53. The van der Waals surface area contributed by atoms with Gasteiger partial charge in [0.2, 0.25) is 0 Å². The third kappa shape index (κ3) is 4.68. The number of ether oxygens (including phenoxy) is 2. The normalized spacial score (nSPS) is 20.5. The third-order valence-electron chi connectivity index (χ3n) is 6.28. The van der Waals surface area contributed by atoms with Crippen LogP contribution in [0.4, 0.5) is 11.5 Å². The van der Waals surface area contributed by atoms with E-state index < -0.39 is 24.1 Å². The Bertz CT molecular complexity index is 1240. The fourth-order valence-electron chi connectivity index (χ4n) is 4.53. The summed E-state index contributed by atoms with van der Waals surface area (Å²) in [6, 6.07) is 7.03. The van der Waals surface area contributed by atoms with Crippen LogP contribution >= 0.6 is 0 Å². The summed E-state index contributed by atoms with van der Waals surface area (Å²) in [7, 11) is 3.15. The molecule has 0 aliphatic carbocycles. The quantitative estimate of drug-likeness (QED) is 0.319. The maximum atomic E-state index is 11.9. The van der Waals surface area contributed by atoms with Crippen LogP contribution in [0.2, 0.25) is 0 Å². The van der Waals surface area contributed by atoms with Crippen LogP contribution in [0.25, 0.3) is 0 Å². The van der Waals surface area contributed by atoms with Crippen molar-refractivity contribution in [2.24, 2.45) is 0 Å². The topological polar surface area (TPSA) is 148 Å². The summed E-state index contributed by atoms with van der Waals surface area (Å²) in [5, 5.41) is 40.6. The molecule has 11 heteroatoms. The molecule has 36 heavy (non-hydrogen) atoms. The second kappa shape index (κ2) is 9.69. The first-order valence-electron chi connectivity index (χ1n) is 11.4. The number of allylic oxidation sites excluding steroid dienone is 2. The van der Waals surface area contributed by atoms with Gasteiger partial charge < -0.3 is 40.3 Å². The zero-order valence-corrected chi connectivity index (χ0v) is 20.8. The van der Waals surface area contributed by atoms with Gasteiger partial charge in [0.25, 0.3) is 0 Å². The number of nitrogens with one attached hydrogen (secondary N) is 3. The molecule has 192 valence electrons. The number of aromatic nitrogens is 1. The molecular weight excluding hydrogens is 466 g/mol. The van der Waals surface area contributed by atoms with Crippen LogP contribution in [0.15, 0.2) is 53.5 Å². The molecule has 1 aromatic carbocycles. The van der Waals surface area contributed by atoms with E-state index in [2.05, 4.69) is 20.9 Å². The summed E-state index contributed by atoms with van der Waals surface area (Å²) in [5.74, 6) is 0.574. The lowest BCUT2D eigenvalue weighted by molar-refractivity contribution is 0.00280. The number of carboxylic acids is 1. The fraction of sp³-hybridized carbons (Fsp3) is 0.360. The van der Waals surface area contributed by atoms with E-state index >= 15 is 0 Å². The highest BCUT2D eigenvalue weighted by Gasteiger charge is 2.47. The zero-order chi connectivity index (χ0) is 26.2. The number of aromatic carboxylic acids is 1. The summed E-state index contributed by atoms with van der Waals surface area (Å²) in [6.45, 7) is 5.87. The molecule has 6 N–H and O–H groups in total. The van der Waals surface area contributed by atoms with Gasteiger partial charge in [-0.15, -0.1) is 0 Å². The molecule has 0 spiro atoms. The molecule has 2 aliphatic rings. The number of anilines is 2. The lowest BCUT2D eigenvalue weighted by Crippen LogP contribution is -2.52. The van der Waals surface area contributed by atoms with Crippen molar-refractivity contribution in [1.82, 2.24) is 15.2 Å². The number of rotatable bonds is 8. The van der Waals surface area contributed by atoms with Gasteiger partial charge in [0.05, 0.1) is 37.0 Å². The van der Waals surface area contributed by atoms with Crippen molar-refractivity contribution in [2.45, 2.75) is 45.4 Å². The first kappa shape index (κ1) is 25.3. The number of aliphatic hydroxyl groups excluding tert-OH is 2. The summed E-state index contributed by atoms with van der Waals surface area (Å²) >= 11 is 0. The van der Waals surface area contributed by atoms with Crippen molar-refractivity contribution < 1.29 is 29.6 Å². The molecule has 2 unspecified atom stereocenters. The van der Waals surface area contributed by atoms with Gasteiger partial charge in [0, 0.05) is 30.4 Å². The van der Waals surface area contributed by atoms with E-state index in [1.54, 1.807) is 37.3 Å². The second-order valence-electron chi connectivity index (χ2n) is 9.09. The Hall–Kier alpha value is -3.80. The smallest absolute Gasteiger partial charge is 0.339 e. The Morgan fingerprint density at radius 3 is 2.64 bits per heavy atom. The number of methoxy groups -OCH3 is 2. The first-order chi connectivity index (χ1) is 17.1. The van der Waals surface area contributed by atoms with Crippen molar-refractivity contribution in [2.75, 3.05) is 24.9 Å². The Labute approximate surface area is 209 Å². The molecule has 0 radical (unpaired) electrons. The van der Waals surface area contributed by atoms with E-state index in [9.17, 15) is 20.1 Å².